The fourth-order valence-corrected chi connectivity index (χ4v) is 0. The van der Waals surface area contributed by atoms with E-state index in [2.05, 4.69) is 0 Å². The van der Waals surface area contributed by atoms with Crippen molar-refractivity contribution in [3.05, 3.63) is 0 Å². The normalized spacial score (nSPS) is 4.50. The molecule has 0 amide bonds. The predicted octanol–water partition coefficient (Wildman–Crippen LogP) is -3.29. The Morgan fingerprint density at radius 1 is 2.00 bits per heavy atom. The maximum Gasteiger partial charge on any atom is 1.00 e. The van der Waals surface area contributed by atoms with Gasteiger partial charge in [0.15, 0.2) is 6.07 Å². The summed E-state index contributed by atoms with van der Waals surface area (Å²) in [5.74, 6) is -1.44. The minimum atomic E-state index is -1.44. The average molecular weight is 95.0 g/mol. The summed E-state index contributed by atoms with van der Waals surface area (Å²) >= 11 is 0. The van der Waals surface area contributed by atoms with Crippen molar-refractivity contribution < 1.29 is 40.9 Å². The number of nitrogens with zero attached hydrogens (tertiary/aromatic N) is 1. The van der Waals surface area contributed by atoms with Crippen LogP contribution in [0.15, 0.2) is 0 Å². The molecule has 0 aromatic rings. The van der Waals surface area contributed by atoms with Gasteiger partial charge in [-0.3, -0.25) is 0 Å². The molecule has 0 aromatic heterocycles. The Balaban J connectivity index is -0.0000000800. The Bertz CT molecular complexity index is 88.2. The number of carboxylic acids is 1. The van der Waals surface area contributed by atoms with Crippen molar-refractivity contribution in [1.29, 1.82) is 5.26 Å². The van der Waals surface area contributed by atoms with Crippen molar-refractivity contribution in [3.8, 4) is 6.07 Å². The number of carbonyl (C=O) groups is 1. The summed E-state index contributed by atoms with van der Waals surface area (Å²) in [6, 6.07) is 0.944. The minimum Gasteiger partial charge on any atom is -1.00 e. The van der Waals surface area contributed by atoms with Crippen molar-refractivity contribution in [2.24, 2.45) is 0 Å². The molecule has 0 atom stereocenters. The maximum absolute atomic E-state index is 9.01. The Morgan fingerprint density at radius 2 is 2.17 bits per heavy atom. The molecule has 0 saturated heterocycles. The second-order valence-electron chi connectivity index (χ2n) is 0.417. The van der Waals surface area contributed by atoms with E-state index in [-0.39, 0.29) is 31.0 Å². The van der Waals surface area contributed by atoms with Gasteiger partial charge in [0, 0.05) is 0 Å². The van der Waals surface area contributed by atoms with Crippen LogP contribution in [-0.2, 0) is 4.79 Å². The maximum atomic E-state index is 9.01. The van der Waals surface area contributed by atoms with Gasteiger partial charge in [-0.25, -0.2) is 4.79 Å². The van der Waals surface area contributed by atoms with Crippen LogP contribution in [0, 0.1) is 11.3 Å². The molecule has 0 aromatic carbocycles. The molecule has 0 aliphatic heterocycles. The Hall–Kier alpha value is -0.0400. The van der Waals surface area contributed by atoms with Crippen molar-refractivity contribution in [2.45, 2.75) is 0 Å². The summed E-state index contributed by atoms with van der Waals surface area (Å²) in [7, 11) is 0. The minimum absolute atomic E-state index is 0. The zero-order valence-corrected chi connectivity index (χ0v) is 5.30. The van der Waals surface area contributed by atoms with Crippen LogP contribution >= 0.6 is 0 Å². The first kappa shape index (κ1) is 9.35. The van der Waals surface area contributed by atoms with Gasteiger partial charge in [0.05, 0.1) is 0 Å². The number of nitriles is 1. The molecule has 0 radical (unpaired) electrons. The van der Waals surface area contributed by atoms with Crippen LogP contribution in [0.4, 0.5) is 0 Å². The van der Waals surface area contributed by atoms with Crippen molar-refractivity contribution in [3.63, 3.8) is 0 Å². The first-order valence-corrected chi connectivity index (χ1v) is 0.901. The van der Waals surface area contributed by atoms with E-state index in [9.17, 15) is 0 Å². The predicted molar refractivity (Wildman–Crippen MR) is 14.4 cm³/mol. The number of hydrogen-bond donors (Lipinski definition) is 1. The van der Waals surface area contributed by atoms with Crippen LogP contribution in [0.2, 0.25) is 0 Å². The van der Waals surface area contributed by atoms with E-state index in [0.29, 0.717) is 0 Å². The van der Waals surface area contributed by atoms with Crippen LogP contribution < -0.4 is 29.6 Å². The van der Waals surface area contributed by atoms with Crippen LogP contribution in [0.1, 0.15) is 1.43 Å². The molecule has 0 unspecified atom stereocenters. The van der Waals surface area contributed by atoms with E-state index in [1.165, 1.54) is 0 Å². The molecular weight excluding hydrogens is 93.0 g/mol. The van der Waals surface area contributed by atoms with Crippen LogP contribution in [-0.4, -0.2) is 11.1 Å². The molecule has 28 valence electrons. The standard InChI is InChI=1S/C2HNO2.Na.H/c3-1-2(4)5;;/h(H,4,5);;/q;+1;-1. The van der Waals surface area contributed by atoms with Gasteiger partial charge in [-0.05, 0) is 0 Å². The van der Waals surface area contributed by atoms with Gasteiger partial charge in [0.2, 0.25) is 0 Å². The molecule has 0 rings (SSSR count). The van der Waals surface area contributed by atoms with Crippen molar-refractivity contribution in [1.82, 2.24) is 0 Å². The molecule has 0 aliphatic carbocycles. The molecule has 6 heavy (non-hydrogen) atoms. The van der Waals surface area contributed by atoms with E-state index in [1.54, 1.807) is 0 Å². The van der Waals surface area contributed by atoms with Gasteiger partial charge in [0.25, 0.3) is 0 Å². The molecule has 4 heteroatoms. The van der Waals surface area contributed by atoms with E-state index in [4.69, 9.17) is 15.2 Å². The van der Waals surface area contributed by atoms with Gasteiger partial charge in [-0.2, -0.15) is 5.26 Å². The summed E-state index contributed by atoms with van der Waals surface area (Å²) in [5.41, 5.74) is 0. The molecule has 1 N–H and O–H groups in total. The topological polar surface area (TPSA) is 61.1 Å². The van der Waals surface area contributed by atoms with Gasteiger partial charge in [-0.15, -0.1) is 0 Å². The summed E-state index contributed by atoms with van der Waals surface area (Å²) in [4.78, 5) is 9.01. The van der Waals surface area contributed by atoms with Crippen molar-refractivity contribution in [2.75, 3.05) is 0 Å². The fraction of sp³-hybridized carbons (Fsp3) is 0. The third-order valence-electron chi connectivity index (χ3n) is 0.0956. The first-order chi connectivity index (χ1) is 2.27. The second kappa shape index (κ2) is 4.96. The van der Waals surface area contributed by atoms with Crippen molar-refractivity contribution >= 4 is 5.97 Å². The van der Waals surface area contributed by atoms with Gasteiger partial charge >= 0.3 is 35.5 Å². The summed E-state index contributed by atoms with van der Waals surface area (Å²) in [5, 5.41) is 14.7. The molecule has 0 spiro atoms. The molecule has 0 bridgehead atoms. The molecule has 3 nitrogen and oxygen atoms in total. The zero-order valence-electron chi connectivity index (χ0n) is 4.30. The molecular formula is C2H2NNaO2. The largest absolute Gasteiger partial charge is 1.00 e. The third kappa shape index (κ3) is 9.03. The molecule has 0 aliphatic rings. The number of rotatable bonds is 0. The van der Waals surface area contributed by atoms with Crippen LogP contribution in [0.25, 0.3) is 0 Å². The van der Waals surface area contributed by atoms with Gasteiger partial charge in [0.1, 0.15) is 0 Å². The molecule has 0 fully saturated rings. The fourth-order valence-electron chi connectivity index (χ4n) is 0. The monoisotopic (exact) mass is 95.0 g/mol. The van der Waals surface area contributed by atoms with E-state index in [0.717, 1.165) is 6.07 Å². The van der Waals surface area contributed by atoms with Gasteiger partial charge in [-0.1, -0.05) is 0 Å². The Morgan fingerprint density at radius 3 is 2.17 bits per heavy atom. The van der Waals surface area contributed by atoms with E-state index < -0.39 is 5.97 Å². The SMILES string of the molecule is N#CC(=O)O.[H-].[Na+]. The Labute approximate surface area is 58.4 Å². The number of hydrogen-bond acceptors (Lipinski definition) is 2. The van der Waals surface area contributed by atoms with E-state index in [1.807, 2.05) is 0 Å². The zero-order chi connectivity index (χ0) is 4.28. The van der Waals surface area contributed by atoms with E-state index >= 15 is 0 Å². The summed E-state index contributed by atoms with van der Waals surface area (Å²) in [6.07, 6.45) is 0. The molecule has 0 saturated carbocycles. The summed E-state index contributed by atoms with van der Waals surface area (Å²) in [6.45, 7) is 0. The molecule has 0 heterocycles. The van der Waals surface area contributed by atoms with Gasteiger partial charge < -0.3 is 6.53 Å². The number of aliphatic carboxylic acids is 1. The summed E-state index contributed by atoms with van der Waals surface area (Å²) < 4.78 is 0. The quantitative estimate of drug-likeness (QED) is 0.195. The smallest absolute Gasteiger partial charge is 1.00 e. The Kier molecular flexibility index (Phi) is 7.73. The van der Waals surface area contributed by atoms with Crippen LogP contribution in [0.3, 0.4) is 0 Å². The first-order valence-electron chi connectivity index (χ1n) is 0.901. The number of carboxylic acid groups (broad SMARTS) is 1. The second-order valence-corrected chi connectivity index (χ2v) is 0.417. The van der Waals surface area contributed by atoms with Crippen LogP contribution in [0.5, 0.6) is 0 Å². The third-order valence-corrected chi connectivity index (χ3v) is 0.0956. The average Bonchev–Trinajstić information content (AvgIpc) is 1.38.